The fraction of sp³-hybridized carbons (Fsp3) is 0.133. The maximum absolute atomic E-state index is 12.5. The first-order valence-electron chi connectivity index (χ1n) is 6.09. The third-order valence-electron chi connectivity index (χ3n) is 3.27. The molecule has 0 saturated carbocycles. The van der Waals surface area contributed by atoms with Gasteiger partial charge in [0.2, 0.25) is 5.43 Å². The summed E-state index contributed by atoms with van der Waals surface area (Å²) in [5.41, 5.74) is 0.146. The van der Waals surface area contributed by atoms with Gasteiger partial charge in [0.15, 0.2) is 23.0 Å². The molecule has 3 aromatic rings. The number of phenols is 2. The van der Waals surface area contributed by atoms with Crippen LogP contribution in [-0.4, -0.2) is 24.4 Å². The van der Waals surface area contributed by atoms with Gasteiger partial charge in [-0.05, 0) is 12.1 Å². The van der Waals surface area contributed by atoms with E-state index >= 15 is 0 Å². The largest absolute Gasteiger partial charge is 0.504 e. The highest BCUT2D eigenvalue weighted by Crippen LogP contribution is 2.34. The van der Waals surface area contributed by atoms with Gasteiger partial charge < -0.3 is 24.1 Å². The standard InChI is InChI=1S/C15H12O6/c1-19-13-4-8-12(6-14(13)20-2)21-11-5-10(17)9(16)3-7(11)15(8)18/h3-6,16-17H,1-2H3. The lowest BCUT2D eigenvalue weighted by Crippen LogP contribution is -2.03. The summed E-state index contributed by atoms with van der Waals surface area (Å²) < 4.78 is 15.9. The van der Waals surface area contributed by atoms with Crippen molar-refractivity contribution in [3.63, 3.8) is 0 Å². The van der Waals surface area contributed by atoms with Crippen molar-refractivity contribution in [3.8, 4) is 23.0 Å². The van der Waals surface area contributed by atoms with Crippen molar-refractivity contribution in [2.75, 3.05) is 14.2 Å². The van der Waals surface area contributed by atoms with Gasteiger partial charge in [0.25, 0.3) is 0 Å². The lowest BCUT2D eigenvalue weighted by Gasteiger charge is -2.09. The highest BCUT2D eigenvalue weighted by molar-refractivity contribution is 5.92. The molecule has 0 saturated heterocycles. The third kappa shape index (κ3) is 1.92. The second kappa shape index (κ2) is 4.59. The quantitative estimate of drug-likeness (QED) is 0.556. The summed E-state index contributed by atoms with van der Waals surface area (Å²) in [6.07, 6.45) is 0. The molecule has 0 atom stereocenters. The van der Waals surface area contributed by atoms with Gasteiger partial charge in [0, 0.05) is 12.1 Å². The topological polar surface area (TPSA) is 89.1 Å². The van der Waals surface area contributed by atoms with Gasteiger partial charge in [-0.2, -0.15) is 0 Å². The Kier molecular flexibility index (Phi) is 2.86. The lowest BCUT2D eigenvalue weighted by molar-refractivity contribution is 0.355. The molecule has 1 heterocycles. The summed E-state index contributed by atoms with van der Waals surface area (Å²) in [7, 11) is 2.95. The Hall–Kier alpha value is -2.89. The van der Waals surface area contributed by atoms with Crippen LogP contribution in [-0.2, 0) is 0 Å². The molecule has 1 aromatic heterocycles. The molecule has 0 radical (unpaired) electrons. The van der Waals surface area contributed by atoms with Crippen molar-refractivity contribution in [3.05, 3.63) is 34.5 Å². The lowest BCUT2D eigenvalue weighted by atomic mass is 10.1. The molecule has 2 N–H and O–H groups in total. The van der Waals surface area contributed by atoms with E-state index in [2.05, 4.69) is 0 Å². The molecular weight excluding hydrogens is 276 g/mol. The molecule has 2 aromatic carbocycles. The predicted molar refractivity (Wildman–Crippen MR) is 76.4 cm³/mol. The minimum absolute atomic E-state index is 0.171. The van der Waals surface area contributed by atoms with Crippen LogP contribution in [0.2, 0.25) is 0 Å². The normalized spacial score (nSPS) is 11.0. The number of rotatable bonds is 2. The van der Waals surface area contributed by atoms with E-state index in [1.165, 1.54) is 32.4 Å². The molecule has 21 heavy (non-hydrogen) atoms. The molecule has 0 aliphatic heterocycles. The van der Waals surface area contributed by atoms with Crippen molar-refractivity contribution < 1.29 is 24.1 Å². The van der Waals surface area contributed by atoms with Gasteiger partial charge in [-0.3, -0.25) is 4.79 Å². The number of aromatic hydroxyl groups is 2. The molecule has 3 rings (SSSR count). The average molecular weight is 288 g/mol. The summed E-state index contributed by atoms with van der Waals surface area (Å²) in [6.45, 7) is 0. The van der Waals surface area contributed by atoms with Crippen molar-refractivity contribution in [2.45, 2.75) is 0 Å². The van der Waals surface area contributed by atoms with E-state index in [1.54, 1.807) is 6.07 Å². The summed E-state index contributed by atoms with van der Waals surface area (Å²) >= 11 is 0. The van der Waals surface area contributed by atoms with Gasteiger partial charge in [0.05, 0.1) is 25.0 Å². The van der Waals surface area contributed by atoms with Crippen LogP contribution >= 0.6 is 0 Å². The monoisotopic (exact) mass is 288 g/mol. The fourth-order valence-corrected chi connectivity index (χ4v) is 2.21. The van der Waals surface area contributed by atoms with Crippen molar-refractivity contribution in [1.82, 2.24) is 0 Å². The molecule has 6 heteroatoms. The highest BCUT2D eigenvalue weighted by Gasteiger charge is 2.14. The minimum Gasteiger partial charge on any atom is -0.504 e. The Morgan fingerprint density at radius 2 is 1.38 bits per heavy atom. The van der Waals surface area contributed by atoms with Crippen molar-refractivity contribution in [2.24, 2.45) is 0 Å². The Morgan fingerprint density at radius 3 is 2.05 bits per heavy atom. The second-order valence-electron chi connectivity index (χ2n) is 4.47. The molecule has 0 aliphatic carbocycles. The number of methoxy groups -OCH3 is 2. The number of hydrogen-bond donors (Lipinski definition) is 2. The third-order valence-corrected chi connectivity index (χ3v) is 3.27. The first-order chi connectivity index (χ1) is 10.0. The zero-order valence-electron chi connectivity index (χ0n) is 11.3. The number of hydrogen-bond acceptors (Lipinski definition) is 6. The number of fused-ring (bicyclic) bond motifs is 2. The zero-order chi connectivity index (χ0) is 15.1. The van der Waals surface area contributed by atoms with E-state index in [0.717, 1.165) is 0 Å². The maximum atomic E-state index is 12.5. The first kappa shape index (κ1) is 13.1. The number of benzene rings is 2. The molecule has 0 unspecified atom stereocenters. The summed E-state index contributed by atoms with van der Waals surface area (Å²) in [5.74, 6) is 0.0928. The van der Waals surface area contributed by atoms with E-state index in [9.17, 15) is 15.0 Å². The summed E-state index contributed by atoms with van der Waals surface area (Å²) in [6, 6.07) is 5.43. The fourth-order valence-electron chi connectivity index (χ4n) is 2.21. The van der Waals surface area contributed by atoms with Crippen LogP contribution < -0.4 is 14.9 Å². The van der Waals surface area contributed by atoms with Crippen LogP contribution in [0.15, 0.2) is 33.5 Å². The summed E-state index contributed by atoms with van der Waals surface area (Å²) in [5, 5.41) is 19.5. The van der Waals surface area contributed by atoms with E-state index in [1.807, 2.05) is 0 Å². The molecule has 0 bridgehead atoms. The van der Waals surface area contributed by atoms with Crippen LogP contribution in [0.3, 0.4) is 0 Å². The predicted octanol–water partition coefficient (Wildman–Crippen LogP) is 2.37. The Bertz CT molecular complexity index is 910. The SMILES string of the molecule is COc1cc2oc3cc(O)c(O)cc3c(=O)c2cc1OC. The molecule has 6 nitrogen and oxygen atoms in total. The Balaban J connectivity index is 2.47. The number of phenolic OH excluding ortho intramolecular Hbond substituents is 2. The molecule has 0 aliphatic rings. The second-order valence-corrected chi connectivity index (χ2v) is 4.47. The molecule has 0 spiro atoms. The van der Waals surface area contributed by atoms with Gasteiger partial charge in [-0.25, -0.2) is 0 Å². The van der Waals surface area contributed by atoms with Gasteiger partial charge >= 0.3 is 0 Å². The Morgan fingerprint density at radius 1 is 0.857 bits per heavy atom. The van der Waals surface area contributed by atoms with Crippen LogP contribution in [0, 0.1) is 0 Å². The highest BCUT2D eigenvalue weighted by atomic mass is 16.5. The van der Waals surface area contributed by atoms with Crippen molar-refractivity contribution >= 4 is 21.9 Å². The smallest absolute Gasteiger partial charge is 0.200 e. The van der Waals surface area contributed by atoms with Gasteiger partial charge in [-0.15, -0.1) is 0 Å². The van der Waals surface area contributed by atoms with Crippen LogP contribution in [0.1, 0.15) is 0 Å². The Labute approximate surface area is 118 Å². The van der Waals surface area contributed by atoms with Crippen LogP contribution in [0.5, 0.6) is 23.0 Å². The molecule has 0 fully saturated rings. The molecule has 0 amide bonds. The van der Waals surface area contributed by atoms with E-state index in [0.29, 0.717) is 22.5 Å². The van der Waals surface area contributed by atoms with E-state index in [-0.39, 0.29) is 27.9 Å². The van der Waals surface area contributed by atoms with Crippen molar-refractivity contribution in [1.29, 1.82) is 0 Å². The van der Waals surface area contributed by atoms with E-state index < -0.39 is 0 Å². The van der Waals surface area contributed by atoms with Crippen LogP contribution in [0.25, 0.3) is 21.9 Å². The maximum Gasteiger partial charge on any atom is 0.200 e. The molecular formula is C15H12O6. The molecule has 108 valence electrons. The minimum atomic E-state index is -0.380. The van der Waals surface area contributed by atoms with Gasteiger partial charge in [-0.1, -0.05) is 0 Å². The average Bonchev–Trinajstić information content (AvgIpc) is 2.48. The van der Waals surface area contributed by atoms with Gasteiger partial charge in [0.1, 0.15) is 11.2 Å². The zero-order valence-corrected chi connectivity index (χ0v) is 11.3. The van der Waals surface area contributed by atoms with Crippen LogP contribution in [0.4, 0.5) is 0 Å². The first-order valence-corrected chi connectivity index (χ1v) is 6.09. The van der Waals surface area contributed by atoms with E-state index in [4.69, 9.17) is 13.9 Å². The summed E-state index contributed by atoms with van der Waals surface area (Å²) in [4.78, 5) is 12.5. The number of ether oxygens (including phenoxy) is 2.